The normalized spacial score (nSPS) is 18.4. The summed E-state index contributed by atoms with van der Waals surface area (Å²) in [5.74, 6) is 1.16. The van der Waals surface area contributed by atoms with E-state index in [0.717, 1.165) is 37.4 Å². The first kappa shape index (κ1) is 12.8. The molecule has 4 heteroatoms. The standard InChI is InChI=1S/C14H19N3O/c1-10-3-4-13(9-15)14(16-10)17-7-5-12(6-8-17)11(2)18/h3-4,11-12,18H,5-8H2,1-2H3. The molecule has 18 heavy (non-hydrogen) atoms. The van der Waals surface area contributed by atoms with Crippen LogP contribution in [0.1, 0.15) is 31.0 Å². The Morgan fingerprint density at radius 2 is 2.11 bits per heavy atom. The van der Waals surface area contributed by atoms with Gasteiger partial charge >= 0.3 is 0 Å². The third-order valence-corrected chi connectivity index (χ3v) is 3.66. The number of nitrogens with zero attached hydrogens (tertiary/aromatic N) is 3. The minimum atomic E-state index is -0.243. The molecule has 0 spiro atoms. The number of piperidine rings is 1. The number of rotatable bonds is 2. The molecule has 0 amide bonds. The van der Waals surface area contributed by atoms with Gasteiger partial charge in [0.2, 0.25) is 0 Å². The van der Waals surface area contributed by atoms with Crippen LogP contribution in [0.4, 0.5) is 5.82 Å². The molecule has 1 atom stereocenters. The molecule has 0 saturated carbocycles. The highest BCUT2D eigenvalue weighted by atomic mass is 16.3. The van der Waals surface area contributed by atoms with E-state index in [1.54, 1.807) is 0 Å². The van der Waals surface area contributed by atoms with Gasteiger partial charge in [0, 0.05) is 18.8 Å². The first-order chi connectivity index (χ1) is 8.61. The maximum absolute atomic E-state index is 9.59. The lowest BCUT2D eigenvalue weighted by molar-refractivity contribution is 0.110. The van der Waals surface area contributed by atoms with Crippen molar-refractivity contribution in [3.63, 3.8) is 0 Å². The number of aliphatic hydroxyl groups is 1. The Balaban J connectivity index is 2.14. The average Bonchev–Trinajstić information content (AvgIpc) is 2.39. The molecule has 1 aromatic rings. The summed E-state index contributed by atoms with van der Waals surface area (Å²) in [4.78, 5) is 6.64. The van der Waals surface area contributed by atoms with Crippen LogP contribution in [-0.4, -0.2) is 29.3 Å². The van der Waals surface area contributed by atoms with Gasteiger partial charge in [0.15, 0.2) is 0 Å². The molecule has 0 aliphatic carbocycles. The highest BCUT2D eigenvalue weighted by molar-refractivity contribution is 5.54. The number of hydrogen-bond acceptors (Lipinski definition) is 4. The molecule has 4 nitrogen and oxygen atoms in total. The van der Waals surface area contributed by atoms with E-state index in [2.05, 4.69) is 16.0 Å². The molecule has 1 saturated heterocycles. The third-order valence-electron chi connectivity index (χ3n) is 3.66. The van der Waals surface area contributed by atoms with E-state index in [9.17, 15) is 5.11 Å². The van der Waals surface area contributed by atoms with Gasteiger partial charge in [-0.25, -0.2) is 4.98 Å². The van der Waals surface area contributed by atoms with Gasteiger partial charge < -0.3 is 10.0 Å². The van der Waals surface area contributed by atoms with Crippen LogP contribution in [0.2, 0.25) is 0 Å². The Kier molecular flexibility index (Phi) is 3.83. The summed E-state index contributed by atoms with van der Waals surface area (Å²) in [5.41, 5.74) is 1.57. The Morgan fingerprint density at radius 1 is 1.44 bits per heavy atom. The summed E-state index contributed by atoms with van der Waals surface area (Å²) < 4.78 is 0. The van der Waals surface area contributed by atoms with E-state index in [1.165, 1.54) is 0 Å². The van der Waals surface area contributed by atoms with Crippen molar-refractivity contribution in [1.82, 2.24) is 4.98 Å². The molecule has 1 aliphatic heterocycles. The number of nitriles is 1. The summed E-state index contributed by atoms with van der Waals surface area (Å²) in [7, 11) is 0. The number of hydrogen-bond donors (Lipinski definition) is 1. The lowest BCUT2D eigenvalue weighted by Gasteiger charge is -2.34. The van der Waals surface area contributed by atoms with Crippen molar-refractivity contribution in [1.29, 1.82) is 5.26 Å². The molecular formula is C14H19N3O. The van der Waals surface area contributed by atoms with Crippen LogP contribution < -0.4 is 4.90 Å². The van der Waals surface area contributed by atoms with Gasteiger partial charge in [-0.3, -0.25) is 0 Å². The zero-order chi connectivity index (χ0) is 13.1. The molecule has 1 unspecified atom stereocenters. The number of aromatic nitrogens is 1. The molecule has 96 valence electrons. The van der Waals surface area contributed by atoms with Gasteiger partial charge in [0.1, 0.15) is 11.9 Å². The van der Waals surface area contributed by atoms with Gasteiger partial charge in [0.25, 0.3) is 0 Å². The van der Waals surface area contributed by atoms with E-state index in [-0.39, 0.29) is 6.10 Å². The summed E-state index contributed by atoms with van der Waals surface area (Å²) in [6.45, 7) is 5.51. The molecule has 0 bridgehead atoms. The number of anilines is 1. The van der Waals surface area contributed by atoms with Gasteiger partial charge in [-0.05, 0) is 44.7 Å². The van der Waals surface area contributed by atoms with Crippen LogP contribution >= 0.6 is 0 Å². The van der Waals surface area contributed by atoms with Crippen LogP contribution in [0.3, 0.4) is 0 Å². The zero-order valence-corrected chi connectivity index (χ0v) is 10.9. The third kappa shape index (κ3) is 2.62. The van der Waals surface area contributed by atoms with Crippen molar-refractivity contribution in [3.8, 4) is 6.07 Å². The molecule has 2 rings (SSSR count). The number of pyridine rings is 1. The summed E-state index contributed by atoms with van der Waals surface area (Å²) in [5, 5.41) is 18.7. The van der Waals surface area contributed by atoms with Crippen LogP contribution in [0.5, 0.6) is 0 Å². The molecule has 1 fully saturated rings. The van der Waals surface area contributed by atoms with Crippen molar-refractivity contribution >= 4 is 5.82 Å². The van der Waals surface area contributed by atoms with Gasteiger partial charge in [-0.15, -0.1) is 0 Å². The second-order valence-electron chi connectivity index (χ2n) is 5.00. The van der Waals surface area contributed by atoms with E-state index >= 15 is 0 Å². The maximum Gasteiger partial charge on any atom is 0.146 e. The average molecular weight is 245 g/mol. The van der Waals surface area contributed by atoms with E-state index in [4.69, 9.17) is 5.26 Å². The minimum Gasteiger partial charge on any atom is -0.393 e. The van der Waals surface area contributed by atoms with Crippen LogP contribution in [0, 0.1) is 24.2 Å². The summed E-state index contributed by atoms with van der Waals surface area (Å²) >= 11 is 0. The highest BCUT2D eigenvalue weighted by Crippen LogP contribution is 2.26. The van der Waals surface area contributed by atoms with Gasteiger partial charge in [-0.2, -0.15) is 5.26 Å². The molecule has 0 radical (unpaired) electrons. The largest absolute Gasteiger partial charge is 0.393 e. The fourth-order valence-corrected chi connectivity index (χ4v) is 2.46. The fraction of sp³-hybridized carbons (Fsp3) is 0.571. The van der Waals surface area contributed by atoms with E-state index in [0.29, 0.717) is 11.5 Å². The van der Waals surface area contributed by atoms with Crippen molar-refractivity contribution < 1.29 is 5.11 Å². The Bertz CT molecular complexity index is 457. The second-order valence-corrected chi connectivity index (χ2v) is 5.00. The molecule has 2 heterocycles. The SMILES string of the molecule is Cc1ccc(C#N)c(N2CCC(C(C)O)CC2)n1. The predicted molar refractivity (Wildman–Crippen MR) is 70.3 cm³/mol. The predicted octanol–water partition coefficient (Wildman–Crippen LogP) is 1.86. The molecule has 1 aromatic heterocycles. The molecule has 1 aliphatic rings. The number of aliphatic hydroxyl groups excluding tert-OH is 1. The lowest BCUT2D eigenvalue weighted by Crippen LogP contribution is -2.37. The van der Waals surface area contributed by atoms with Gasteiger partial charge in [-0.1, -0.05) is 0 Å². The quantitative estimate of drug-likeness (QED) is 0.864. The lowest BCUT2D eigenvalue weighted by atomic mass is 9.92. The summed E-state index contributed by atoms with van der Waals surface area (Å²) in [6.07, 6.45) is 1.67. The Labute approximate surface area is 108 Å². The Morgan fingerprint density at radius 3 is 2.67 bits per heavy atom. The number of aryl methyl sites for hydroxylation is 1. The van der Waals surface area contributed by atoms with Crippen molar-refractivity contribution in [2.75, 3.05) is 18.0 Å². The topological polar surface area (TPSA) is 60.2 Å². The smallest absolute Gasteiger partial charge is 0.146 e. The van der Waals surface area contributed by atoms with Crippen molar-refractivity contribution in [3.05, 3.63) is 23.4 Å². The van der Waals surface area contributed by atoms with Crippen LogP contribution in [0.25, 0.3) is 0 Å². The highest BCUT2D eigenvalue weighted by Gasteiger charge is 2.24. The molecule has 0 aromatic carbocycles. The van der Waals surface area contributed by atoms with Crippen molar-refractivity contribution in [2.45, 2.75) is 32.8 Å². The summed E-state index contributed by atoms with van der Waals surface area (Å²) in [6, 6.07) is 5.90. The van der Waals surface area contributed by atoms with Gasteiger partial charge in [0.05, 0.1) is 11.7 Å². The first-order valence-corrected chi connectivity index (χ1v) is 6.42. The first-order valence-electron chi connectivity index (χ1n) is 6.42. The molecular weight excluding hydrogens is 226 g/mol. The van der Waals surface area contributed by atoms with Crippen molar-refractivity contribution in [2.24, 2.45) is 5.92 Å². The second kappa shape index (κ2) is 5.36. The monoisotopic (exact) mass is 245 g/mol. The molecule has 1 N–H and O–H groups in total. The van der Waals surface area contributed by atoms with E-state index in [1.807, 2.05) is 26.0 Å². The van der Waals surface area contributed by atoms with Crippen LogP contribution in [0.15, 0.2) is 12.1 Å². The van der Waals surface area contributed by atoms with E-state index < -0.39 is 0 Å². The maximum atomic E-state index is 9.59. The minimum absolute atomic E-state index is 0.243. The van der Waals surface area contributed by atoms with Crippen LogP contribution in [-0.2, 0) is 0 Å². The Hall–Kier alpha value is -1.60. The zero-order valence-electron chi connectivity index (χ0n) is 10.9. The fourth-order valence-electron chi connectivity index (χ4n) is 2.46.